The van der Waals surface area contributed by atoms with Gasteiger partial charge in [0.05, 0.1) is 0 Å². The van der Waals surface area contributed by atoms with Gasteiger partial charge in [0.2, 0.25) is 0 Å². The minimum absolute atomic E-state index is 0.530. The van der Waals surface area contributed by atoms with Crippen LogP contribution < -0.4 is 0 Å². The molecule has 0 bridgehead atoms. The summed E-state index contributed by atoms with van der Waals surface area (Å²) in [5.41, 5.74) is 1.11. The first-order chi connectivity index (χ1) is 7.24. The van der Waals surface area contributed by atoms with E-state index in [1.165, 1.54) is 0 Å². The van der Waals surface area contributed by atoms with Crippen LogP contribution in [-0.2, 0) is 9.57 Å². The molecule has 1 aliphatic heterocycles. The van der Waals surface area contributed by atoms with Gasteiger partial charge < -0.3 is 9.57 Å². The molecular weight excluding hydrogens is 190 g/mol. The predicted molar refractivity (Wildman–Crippen MR) is 61.7 cm³/mol. The molecule has 1 heterocycles. The summed E-state index contributed by atoms with van der Waals surface area (Å²) in [5, 5.41) is 3.71. The van der Waals surface area contributed by atoms with E-state index in [1.54, 1.807) is 6.21 Å². The number of allylic oxidation sites excluding steroid dienone is 3. The van der Waals surface area contributed by atoms with Crippen LogP contribution in [0.15, 0.2) is 29.1 Å². The summed E-state index contributed by atoms with van der Waals surface area (Å²) in [5.74, 6) is 1.31. The van der Waals surface area contributed by atoms with Crippen molar-refractivity contribution >= 4 is 6.21 Å². The molecule has 3 nitrogen and oxygen atoms in total. The lowest BCUT2D eigenvalue weighted by atomic mass is 9.92. The van der Waals surface area contributed by atoms with E-state index in [4.69, 9.17) is 9.57 Å². The van der Waals surface area contributed by atoms with Crippen molar-refractivity contribution in [1.29, 1.82) is 0 Å². The van der Waals surface area contributed by atoms with E-state index < -0.39 is 0 Å². The van der Waals surface area contributed by atoms with Crippen LogP contribution in [0.25, 0.3) is 0 Å². The molecule has 0 atom stereocenters. The van der Waals surface area contributed by atoms with E-state index in [0.717, 1.165) is 37.4 Å². The zero-order valence-corrected chi connectivity index (χ0v) is 9.53. The number of nitrogens with zero attached hydrogens (tertiary/aromatic N) is 1. The first kappa shape index (κ1) is 12.0. The largest absolute Gasteiger partial charge is 0.381 e. The van der Waals surface area contributed by atoms with Crippen LogP contribution in [-0.4, -0.2) is 19.4 Å². The van der Waals surface area contributed by atoms with E-state index in [9.17, 15) is 0 Å². The Morgan fingerprint density at radius 1 is 1.47 bits per heavy atom. The summed E-state index contributed by atoms with van der Waals surface area (Å²) in [4.78, 5) is 5.09. The molecule has 84 valence electrons. The monoisotopic (exact) mass is 209 g/mol. The molecule has 0 amide bonds. The standard InChI is InChI=1S/C12H19NO2/c1-4-13-15-11(3)9-10(2)12-5-7-14-8-6-12/h4,9,12H,2,5-8H2,1,3H3/b11-9+,13-4?. The van der Waals surface area contributed by atoms with Crippen molar-refractivity contribution in [1.82, 2.24) is 0 Å². The Morgan fingerprint density at radius 3 is 2.73 bits per heavy atom. The van der Waals surface area contributed by atoms with E-state index in [2.05, 4.69) is 11.7 Å². The van der Waals surface area contributed by atoms with Crippen molar-refractivity contribution in [2.45, 2.75) is 26.7 Å². The fourth-order valence-electron chi connectivity index (χ4n) is 1.61. The second-order valence-electron chi connectivity index (χ2n) is 3.67. The Balaban J connectivity index is 2.44. The van der Waals surface area contributed by atoms with Gasteiger partial charge in [-0.1, -0.05) is 11.7 Å². The van der Waals surface area contributed by atoms with Crippen molar-refractivity contribution in [3.8, 4) is 0 Å². The third kappa shape index (κ3) is 4.30. The average molecular weight is 209 g/mol. The molecule has 0 aliphatic carbocycles. The van der Waals surface area contributed by atoms with Gasteiger partial charge in [-0.25, -0.2) is 0 Å². The van der Waals surface area contributed by atoms with E-state index in [0.29, 0.717) is 5.92 Å². The Kier molecular flexibility index (Phi) is 5.12. The fraction of sp³-hybridized carbons (Fsp3) is 0.583. The molecule has 0 N–H and O–H groups in total. The third-order valence-electron chi connectivity index (χ3n) is 2.44. The molecule has 0 aromatic heterocycles. The van der Waals surface area contributed by atoms with Crippen LogP contribution in [0, 0.1) is 5.92 Å². The van der Waals surface area contributed by atoms with E-state index in [1.807, 2.05) is 19.9 Å². The molecule has 0 radical (unpaired) electrons. The molecule has 1 saturated heterocycles. The number of hydrogen-bond donors (Lipinski definition) is 0. The van der Waals surface area contributed by atoms with Gasteiger partial charge in [-0.3, -0.25) is 0 Å². The highest BCUT2D eigenvalue weighted by molar-refractivity contribution is 5.52. The van der Waals surface area contributed by atoms with Crippen molar-refractivity contribution in [2.75, 3.05) is 13.2 Å². The molecule has 1 aliphatic rings. The summed E-state index contributed by atoms with van der Waals surface area (Å²) < 4.78 is 5.30. The van der Waals surface area contributed by atoms with Gasteiger partial charge in [-0.05, 0) is 44.3 Å². The Hall–Kier alpha value is -1.09. The molecule has 15 heavy (non-hydrogen) atoms. The number of rotatable bonds is 4. The normalized spacial score (nSPS) is 19.5. The maximum atomic E-state index is 5.30. The lowest BCUT2D eigenvalue weighted by Gasteiger charge is -2.22. The highest BCUT2D eigenvalue weighted by Gasteiger charge is 2.15. The van der Waals surface area contributed by atoms with Gasteiger partial charge in [0.1, 0.15) is 5.76 Å². The second kappa shape index (κ2) is 6.40. The molecule has 0 aromatic rings. The van der Waals surface area contributed by atoms with Crippen molar-refractivity contribution in [3.63, 3.8) is 0 Å². The summed E-state index contributed by atoms with van der Waals surface area (Å²) in [6.07, 6.45) is 5.69. The number of oxime groups is 1. The van der Waals surface area contributed by atoms with Gasteiger partial charge in [0.25, 0.3) is 0 Å². The van der Waals surface area contributed by atoms with Crippen LogP contribution in [0.1, 0.15) is 26.7 Å². The van der Waals surface area contributed by atoms with Crippen molar-refractivity contribution in [3.05, 3.63) is 24.0 Å². The molecule has 0 aromatic carbocycles. The van der Waals surface area contributed by atoms with Crippen LogP contribution in [0.2, 0.25) is 0 Å². The van der Waals surface area contributed by atoms with Gasteiger partial charge in [0, 0.05) is 19.4 Å². The van der Waals surface area contributed by atoms with Crippen LogP contribution >= 0.6 is 0 Å². The predicted octanol–water partition coefficient (Wildman–Crippen LogP) is 2.90. The molecular formula is C12H19NO2. The first-order valence-corrected chi connectivity index (χ1v) is 5.34. The SMILES string of the molecule is C=C(/C=C(\C)ON=CC)C1CCOCC1. The third-order valence-corrected chi connectivity index (χ3v) is 2.44. The Morgan fingerprint density at radius 2 is 2.13 bits per heavy atom. The highest BCUT2D eigenvalue weighted by Crippen LogP contribution is 2.23. The van der Waals surface area contributed by atoms with Crippen LogP contribution in [0.3, 0.4) is 0 Å². The van der Waals surface area contributed by atoms with Gasteiger partial charge in [0.15, 0.2) is 0 Å². The topological polar surface area (TPSA) is 30.8 Å². The molecule has 1 fully saturated rings. The molecule has 1 rings (SSSR count). The Bertz CT molecular complexity index is 263. The zero-order chi connectivity index (χ0) is 11.1. The minimum Gasteiger partial charge on any atom is -0.381 e. The number of hydrogen-bond acceptors (Lipinski definition) is 3. The lowest BCUT2D eigenvalue weighted by molar-refractivity contribution is 0.0765. The summed E-state index contributed by atoms with van der Waals surface area (Å²) >= 11 is 0. The second-order valence-corrected chi connectivity index (χ2v) is 3.67. The maximum Gasteiger partial charge on any atom is 0.132 e. The van der Waals surface area contributed by atoms with Crippen molar-refractivity contribution in [2.24, 2.45) is 11.1 Å². The van der Waals surface area contributed by atoms with Gasteiger partial charge >= 0.3 is 0 Å². The molecule has 0 spiro atoms. The van der Waals surface area contributed by atoms with Crippen LogP contribution in [0.4, 0.5) is 0 Å². The highest BCUT2D eigenvalue weighted by atomic mass is 16.6. The summed E-state index contributed by atoms with van der Waals surface area (Å²) in [6.45, 7) is 9.44. The van der Waals surface area contributed by atoms with Gasteiger partial charge in [-0.15, -0.1) is 0 Å². The fourth-order valence-corrected chi connectivity index (χ4v) is 1.61. The lowest BCUT2D eigenvalue weighted by Crippen LogP contribution is -2.16. The molecule has 3 heteroatoms. The minimum atomic E-state index is 0.530. The quantitative estimate of drug-likeness (QED) is 0.308. The summed E-state index contributed by atoms with van der Waals surface area (Å²) in [7, 11) is 0. The molecule has 0 saturated carbocycles. The summed E-state index contributed by atoms with van der Waals surface area (Å²) in [6, 6.07) is 0. The maximum absolute atomic E-state index is 5.30. The average Bonchev–Trinajstić information content (AvgIpc) is 2.27. The number of ether oxygens (including phenoxy) is 1. The van der Waals surface area contributed by atoms with E-state index >= 15 is 0 Å². The molecule has 0 unspecified atom stereocenters. The first-order valence-electron chi connectivity index (χ1n) is 5.34. The van der Waals surface area contributed by atoms with Gasteiger partial charge in [-0.2, -0.15) is 0 Å². The van der Waals surface area contributed by atoms with E-state index in [-0.39, 0.29) is 0 Å². The Labute approximate surface area is 91.4 Å². The smallest absolute Gasteiger partial charge is 0.132 e. The van der Waals surface area contributed by atoms with Crippen molar-refractivity contribution < 1.29 is 9.57 Å². The zero-order valence-electron chi connectivity index (χ0n) is 9.53. The van der Waals surface area contributed by atoms with Crippen LogP contribution in [0.5, 0.6) is 0 Å².